The Bertz CT molecular complexity index is 1900. The number of carbonyl (C=O) groups excluding carboxylic acids is 1. The van der Waals surface area contributed by atoms with E-state index in [1.54, 1.807) is 6.07 Å². The van der Waals surface area contributed by atoms with E-state index in [0.717, 1.165) is 13.1 Å². The van der Waals surface area contributed by atoms with Gasteiger partial charge < -0.3 is 14.7 Å². The molecule has 1 aliphatic carbocycles. The van der Waals surface area contributed by atoms with Gasteiger partial charge in [-0.05, 0) is 32.0 Å². The normalized spacial score (nSPS) is 19.2. The zero-order valence-corrected chi connectivity index (χ0v) is 24.6. The number of piperazine rings is 1. The fourth-order valence-corrected chi connectivity index (χ4v) is 7.85. The summed E-state index contributed by atoms with van der Waals surface area (Å²) in [6.07, 6.45) is -0.624. The van der Waals surface area contributed by atoms with E-state index in [1.807, 2.05) is 22.9 Å². The van der Waals surface area contributed by atoms with Crippen molar-refractivity contribution in [3.63, 3.8) is 0 Å². The van der Waals surface area contributed by atoms with E-state index in [4.69, 9.17) is 0 Å². The molecule has 3 aromatic heterocycles. The molecule has 7 rings (SSSR count). The molecule has 0 bridgehead atoms. The molecule has 1 aromatic carbocycles. The van der Waals surface area contributed by atoms with Crippen molar-refractivity contribution in [1.29, 1.82) is 5.26 Å². The maximum atomic E-state index is 13.5. The van der Waals surface area contributed by atoms with Crippen LogP contribution in [-0.2, 0) is 14.8 Å². The van der Waals surface area contributed by atoms with Crippen molar-refractivity contribution in [2.45, 2.75) is 29.7 Å². The molecule has 224 valence electrons. The number of likely N-dealkylation sites (tertiary alicyclic amines) is 1. The van der Waals surface area contributed by atoms with Crippen molar-refractivity contribution < 1.29 is 22.0 Å². The first-order chi connectivity index (χ1) is 20.6. The second-order valence-corrected chi connectivity index (χ2v) is 13.8. The minimum absolute atomic E-state index is 0.0215. The van der Waals surface area contributed by atoms with Crippen LogP contribution in [0, 0.1) is 17.2 Å². The second kappa shape index (κ2) is 10.1. The number of nitriles is 1. The van der Waals surface area contributed by atoms with E-state index >= 15 is 0 Å². The summed E-state index contributed by atoms with van der Waals surface area (Å²) in [5.74, 6) is 0.756. The van der Waals surface area contributed by atoms with Gasteiger partial charge in [0.1, 0.15) is 17.7 Å². The Labute approximate surface area is 248 Å². The number of benzene rings is 1. The monoisotopic (exact) mass is 628 g/mol. The molecule has 1 N–H and O–H groups in total. The summed E-state index contributed by atoms with van der Waals surface area (Å²) in [4.78, 5) is 27.9. The third kappa shape index (κ3) is 4.78. The van der Waals surface area contributed by atoms with Gasteiger partial charge in [-0.2, -0.15) is 9.98 Å². The molecule has 2 aliphatic heterocycles. The average Bonchev–Trinajstić information content (AvgIpc) is 3.42. The van der Waals surface area contributed by atoms with Crippen molar-refractivity contribution in [2.24, 2.45) is 5.92 Å². The lowest BCUT2D eigenvalue weighted by Gasteiger charge is -2.41. The molecule has 1 amide bonds. The van der Waals surface area contributed by atoms with E-state index in [9.17, 15) is 27.3 Å². The Morgan fingerprint density at radius 1 is 1.16 bits per heavy atom. The van der Waals surface area contributed by atoms with Crippen molar-refractivity contribution in [3.8, 4) is 11.2 Å². The number of nitrogens with zero attached hydrogens (tertiary/aromatic N) is 9. The fourth-order valence-electron chi connectivity index (χ4n) is 5.74. The van der Waals surface area contributed by atoms with Crippen molar-refractivity contribution >= 4 is 55.0 Å². The van der Waals surface area contributed by atoms with Crippen LogP contribution in [0.3, 0.4) is 0 Å². The molecule has 0 radical (unpaired) electrons. The van der Waals surface area contributed by atoms with Gasteiger partial charge in [0.15, 0.2) is 10.7 Å². The molecular formula is C26H26F2N10O3S2. The lowest BCUT2D eigenvalue weighted by molar-refractivity contribution is -0.140. The highest BCUT2D eigenvalue weighted by Crippen LogP contribution is 2.40. The SMILES string of the molecule is CN1CC(C(=O)N2CCN(c3ncnc4c3c3ccc(S(=O)(=O)NC5(C#N)CC5)cc3n4-c3nnc(C(F)F)s3)CC2)C1. The average molecular weight is 629 g/mol. The first kappa shape index (κ1) is 28.0. The number of hydrogen-bond acceptors (Lipinski definition) is 11. The molecule has 17 heteroatoms. The van der Waals surface area contributed by atoms with Crippen LogP contribution in [0.15, 0.2) is 29.4 Å². The predicted molar refractivity (Wildman–Crippen MR) is 152 cm³/mol. The number of aromatic nitrogens is 5. The van der Waals surface area contributed by atoms with E-state index in [-0.39, 0.29) is 21.9 Å². The number of alkyl halides is 2. The maximum absolute atomic E-state index is 13.5. The quantitative estimate of drug-likeness (QED) is 0.321. The first-order valence-electron chi connectivity index (χ1n) is 13.7. The van der Waals surface area contributed by atoms with Crippen LogP contribution < -0.4 is 9.62 Å². The molecule has 3 fully saturated rings. The number of anilines is 1. The Kier molecular flexibility index (Phi) is 6.57. The maximum Gasteiger partial charge on any atom is 0.291 e. The van der Waals surface area contributed by atoms with Crippen LogP contribution in [-0.4, -0.2) is 101 Å². The van der Waals surface area contributed by atoms with E-state index in [2.05, 4.69) is 29.8 Å². The Morgan fingerprint density at radius 2 is 1.91 bits per heavy atom. The zero-order valence-electron chi connectivity index (χ0n) is 22.9. The fraction of sp³-hybridized carbons (Fsp3) is 0.462. The molecule has 0 atom stereocenters. The van der Waals surface area contributed by atoms with Gasteiger partial charge in [-0.3, -0.25) is 9.36 Å². The van der Waals surface area contributed by atoms with Gasteiger partial charge in [-0.25, -0.2) is 27.2 Å². The van der Waals surface area contributed by atoms with Crippen molar-refractivity contribution in [3.05, 3.63) is 29.5 Å². The lowest BCUT2D eigenvalue weighted by atomic mass is 9.99. The minimum Gasteiger partial charge on any atom is -0.352 e. The van der Waals surface area contributed by atoms with Gasteiger partial charge in [-0.1, -0.05) is 17.4 Å². The zero-order chi connectivity index (χ0) is 30.1. The molecule has 0 spiro atoms. The van der Waals surface area contributed by atoms with Crippen LogP contribution in [0.1, 0.15) is 24.3 Å². The molecule has 1 saturated carbocycles. The summed E-state index contributed by atoms with van der Waals surface area (Å²) in [5, 5.41) is 17.8. The molecule has 2 saturated heterocycles. The summed E-state index contributed by atoms with van der Waals surface area (Å²) in [6, 6.07) is 6.51. The Balaban J connectivity index is 1.31. The Hall–Kier alpha value is -3.85. The van der Waals surface area contributed by atoms with Gasteiger partial charge in [0.05, 0.1) is 27.8 Å². The topological polar surface area (TPSA) is 153 Å². The largest absolute Gasteiger partial charge is 0.352 e. The molecule has 13 nitrogen and oxygen atoms in total. The number of fused-ring (bicyclic) bond motifs is 3. The molecule has 0 unspecified atom stereocenters. The lowest BCUT2D eigenvalue weighted by Crippen LogP contribution is -2.57. The Morgan fingerprint density at radius 3 is 2.53 bits per heavy atom. The predicted octanol–water partition coefficient (Wildman–Crippen LogP) is 1.91. The van der Waals surface area contributed by atoms with E-state index < -0.39 is 27.0 Å². The van der Waals surface area contributed by atoms with E-state index in [0.29, 0.717) is 78.1 Å². The summed E-state index contributed by atoms with van der Waals surface area (Å²) >= 11 is 0.682. The van der Waals surface area contributed by atoms with Gasteiger partial charge in [0, 0.05) is 44.7 Å². The van der Waals surface area contributed by atoms with Crippen LogP contribution >= 0.6 is 11.3 Å². The van der Waals surface area contributed by atoms with Crippen molar-refractivity contribution in [1.82, 2.24) is 39.3 Å². The smallest absolute Gasteiger partial charge is 0.291 e. The first-order valence-corrected chi connectivity index (χ1v) is 16.0. The highest BCUT2D eigenvalue weighted by atomic mass is 32.2. The summed E-state index contributed by atoms with van der Waals surface area (Å²) in [7, 11) is -2.10. The summed E-state index contributed by atoms with van der Waals surface area (Å²) in [6.45, 7) is 3.60. The number of amides is 1. The van der Waals surface area contributed by atoms with Gasteiger partial charge in [0.25, 0.3) is 6.43 Å². The van der Waals surface area contributed by atoms with Crippen molar-refractivity contribution in [2.75, 3.05) is 51.2 Å². The van der Waals surface area contributed by atoms with Gasteiger partial charge in [-0.15, -0.1) is 10.2 Å². The summed E-state index contributed by atoms with van der Waals surface area (Å²) < 4.78 is 57.5. The number of rotatable bonds is 7. The molecule has 4 aromatic rings. The molecule has 43 heavy (non-hydrogen) atoms. The number of sulfonamides is 1. The number of hydrogen-bond donors (Lipinski definition) is 1. The number of nitrogens with one attached hydrogen (secondary N) is 1. The highest BCUT2D eigenvalue weighted by molar-refractivity contribution is 7.89. The third-order valence-corrected chi connectivity index (χ3v) is 10.7. The highest BCUT2D eigenvalue weighted by Gasteiger charge is 2.47. The molecule has 3 aliphatic rings. The standard InChI is InChI=1S/C26H26F2N10O3S2/c1-35-11-15(12-35)24(39)37-8-6-36(7-9-37)21-19-17-3-2-16(43(40,41)34-26(13-29)4-5-26)10-18(17)38(22(19)31-14-30-21)25-33-32-23(42-25)20(27)28/h2-3,10,14-15,20,34H,4-9,11-12H2,1H3. The third-order valence-electron chi connectivity index (χ3n) is 8.21. The van der Waals surface area contributed by atoms with Crippen LogP contribution in [0.5, 0.6) is 0 Å². The minimum atomic E-state index is -4.08. The van der Waals surface area contributed by atoms with Gasteiger partial charge in [0.2, 0.25) is 21.1 Å². The summed E-state index contributed by atoms with van der Waals surface area (Å²) in [5.41, 5.74) is -0.407. The second-order valence-electron chi connectivity index (χ2n) is 11.2. The number of halogens is 2. The van der Waals surface area contributed by atoms with Crippen LogP contribution in [0.2, 0.25) is 0 Å². The van der Waals surface area contributed by atoms with Gasteiger partial charge >= 0.3 is 0 Å². The molecular weight excluding hydrogens is 602 g/mol. The van der Waals surface area contributed by atoms with E-state index in [1.165, 1.54) is 23.0 Å². The van der Waals surface area contributed by atoms with Crippen LogP contribution in [0.25, 0.3) is 27.1 Å². The molecule has 5 heterocycles. The number of carbonyl (C=O) groups is 1. The van der Waals surface area contributed by atoms with Crippen LogP contribution in [0.4, 0.5) is 14.6 Å².